The van der Waals surface area contributed by atoms with Gasteiger partial charge in [0, 0.05) is 18.6 Å². The lowest BCUT2D eigenvalue weighted by Crippen LogP contribution is -2.48. The molecule has 0 aromatic rings. The van der Waals surface area contributed by atoms with E-state index in [0.717, 1.165) is 19.4 Å². The van der Waals surface area contributed by atoms with E-state index in [1.54, 1.807) is 0 Å². The summed E-state index contributed by atoms with van der Waals surface area (Å²) in [6.45, 7) is 7.36. The molecular formula is C13H24N2O. The Morgan fingerprint density at radius 2 is 2.12 bits per heavy atom. The van der Waals surface area contributed by atoms with Gasteiger partial charge in [0.1, 0.15) is 0 Å². The molecule has 1 saturated heterocycles. The number of likely N-dealkylation sites (tertiary alicyclic amines) is 1. The van der Waals surface area contributed by atoms with Crippen LogP contribution in [0.3, 0.4) is 0 Å². The summed E-state index contributed by atoms with van der Waals surface area (Å²) >= 11 is 0. The van der Waals surface area contributed by atoms with Crippen LogP contribution >= 0.6 is 0 Å². The van der Waals surface area contributed by atoms with Crippen LogP contribution in [0.1, 0.15) is 46.5 Å². The van der Waals surface area contributed by atoms with Crippen LogP contribution in [0.4, 0.5) is 0 Å². The first-order chi connectivity index (χ1) is 7.50. The fourth-order valence-corrected chi connectivity index (χ4v) is 2.40. The van der Waals surface area contributed by atoms with Gasteiger partial charge < -0.3 is 5.11 Å². The molecule has 0 saturated carbocycles. The molecule has 1 aliphatic heterocycles. The number of rotatable bonds is 4. The van der Waals surface area contributed by atoms with Gasteiger partial charge in [-0.05, 0) is 40.0 Å². The van der Waals surface area contributed by atoms with E-state index >= 15 is 0 Å². The summed E-state index contributed by atoms with van der Waals surface area (Å²) < 4.78 is 0. The zero-order chi connectivity index (χ0) is 12.2. The molecular weight excluding hydrogens is 200 g/mol. The molecule has 2 unspecified atom stereocenters. The predicted octanol–water partition coefficient (Wildman–Crippen LogP) is 2.16. The molecule has 1 fully saturated rings. The maximum atomic E-state index is 9.36. The molecule has 1 aliphatic rings. The minimum absolute atomic E-state index is 0.247. The van der Waals surface area contributed by atoms with E-state index in [9.17, 15) is 5.11 Å². The Kier molecular flexibility index (Phi) is 4.76. The molecule has 2 atom stereocenters. The number of hydrogen-bond donors (Lipinski definition) is 1. The van der Waals surface area contributed by atoms with E-state index in [0.29, 0.717) is 12.1 Å². The fourth-order valence-electron chi connectivity index (χ4n) is 2.40. The number of piperidine rings is 1. The van der Waals surface area contributed by atoms with Crippen LogP contribution in [0, 0.1) is 16.7 Å². The molecule has 92 valence electrons. The molecule has 1 heterocycles. The Bertz CT molecular complexity index is 257. The molecule has 0 aromatic carbocycles. The highest BCUT2D eigenvalue weighted by molar-refractivity contribution is 4.93. The topological polar surface area (TPSA) is 47.3 Å². The zero-order valence-corrected chi connectivity index (χ0v) is 10.7. The van der Waals surface area contributed by atoms with Crippen molar-refractivity contribution < 1.29 is 5.11 Å². The number of nitrogens with zero attached hydrogens (tertiary/aromatic N) is 2. The number of aliphatic hydroxyl groups excluding tert-OH is 1. The minimum atomic E-state index is -0.253. The van der Waals surface area contributed by atoms with Gasteiger partial charge in [-0.15, -0.1) is 0 Å². The van der Waals surface area contributed by atoms with Gasteiger partial charge in [-0.1, -0.05) is 6.42 Å². The SMILES string of the molecule is CC1CCCC(CO)N1CCC(C)(C)C#N. The third-order valence-electron chi connectivity index (χ3n) is 3.70. The maximum Gasteiger partial charge on any atom is 0.0684 e. The lowest BCUT2D eigenvalue weighted by molar-refractivity contribution is 0.0454. The van der Waals surface area contributed by atoms with E-state index in [4.69, 9.17) is 5.26 Å². The maximum absolute atomic E-state index is 9.36. The van der Waals surface area contributed by atoms with E-state index in [1.807, 2.05) is 13.8 Å². The quantitative estimate of drug-likeness (QED) is 0.796. The van der Waals surface area contributed by atoms with Crippen LogP contribution in [0.2, 0.25) is 0 Å². The second-order valence-corrected chi connectivity index (χ2v) is 5.60. The number of hydrogen-bond acceptors (Lipinski definition) is 3. The number of aliphatic hydroxyl groups is 1. The molecule has 0 spiro atoms. The first kappa shape index (κ1) is 13.5. The molecule has 1 N–H and O–H groups in total. The minimum Gasteiger partial charge on any atom is -0.395 e. The zero-order valence-electron chi connectivity index (χ0n) is 10.7. The van der Waals surface area contributed by atoms with E-state index in [2.05, 4.69) is 17.9 Å². The predicted molar refractivity (Wildman–Crippen MR) is 64.9 cm³/mol. The van der Waals surface area contributed by atoms with Crippen molar-refractivity contribution in [2.24, 2.45) is 5.41 Å². The van der Waals surface area contributed by atoms with E-state index < -0.39 is 0 Å². The molecule has 1 rings (SSSR count). The molecule has 0 aliphatic carbocycles. The summed E-state index contributed by atoms with van der Waals surface area (Å²) in [5, 5.41) is 18.4. The summed E-state index contributed by atoms with van der Waals surface area (Å²) in [7, 11) is 0. The number of nitriles is 1. The second-order valence-electron chi connectivity index (χ2n) is 5.60. The average Bonchev–Trinajstić information content (AvgIpc) is 2.27. The van der Waals surface area contributed by atoms with Crippen molar-refractivity contribution in [1.82, 2.24) is 4.90 Å². The Hall–Kier alpha value is -0.590. The van der Waals surface area contributed by atoms with Crippen molar-refractivity contribution in [3.05, 3.63) is 0 Å². The van der Waals surface area contributed by atoms with Gasteiger partial charge in [0.2, 0.25) is 0 Å². The molecule has 0 bridgehead atoms. The third kappa shape index (κ3) is 3.47. The van der Waals surface area contributed by atoms with Crippen molar-refractivity contribution in [1.29, 1.82) is 5.26 Å². The van der Waals surface area contributed by atoms with Gasteiger partial charge in [0.05, 0.1) is 18.1 Å². The molecule has 0 radical (unpaired) electrons. The molecule has 0 aromatic heterocycles. The smallest absolute Gasteiger partial charge is 0.0684 e. The van der Waals surface area contributed by atoms with Crippen LogP contribution in [0.5, 0.6) is 0 Å². The highest BCUT2D eigenvalue weighted by atomic mass is 16.3. The Balaban J connectivity index is 2.52. The molecule has 3 nitrogen and oxygen atoms in total. The second kappa shape index (κ2) is 5.65. The largest absolute Gasteiger partial charge is 0.395 e. The van der Waals surface area contributed by atoms with Crippen molar-refractivity contribution in [3.63, 3.8) is 0 Å². The summed E-state index contributed by atoms with van der Waals surface area (Å²) in [6.07, 6.45) is 4.40. The molecule has 0 amide bonds. The van der Waals surface area contributed by atoms with Crippen molar-refractivity contribution in [2.45, 2.75) is 58.5 Å². The van der Waals surface area contributed by atoms with Crippen LogP contribution in [-0.4, -0.2) is 35.2 Å². The van der Waals surface area contributed by atoms with Gasteiger partial charge in [0.15, 0.2) is 0 Å². The summed E-state index contributed by atoms with van der Waals surface area (Å²) in [5.74, 6) is 0. The molecule has 16 heavy (non-hydrogen) atoms. The van der Waals surface area contributed by atoms with Crippen molar-refractivity contribution in [3.8, 4) is 6.07 Å². The highest BCUT2D eigenvalue weighted by Crippen LogP contribution is 2.26. The average molecular weight is 224 g/mol. The van der Waals surface area contributed by atoms with Gasteiger partial charge in [-0.2, -0.15) is 5.26 Å². The first-order valence-electron chi connectivity index (χ1n) is 6.28. The summed E-state index contributed by atoms with van der Waals surface area (Å²) in [5.41, 5.74) is -0.253. The van der Waals surface area contributed by atoms with Crippen LogP contribution in [0.25, 0.3) is 0 Å². The summed E-state index contributed by atoms with van der Waals surface area (Å²) in [6, 6.07) is 3.19. The normalized spacial score (nSPS) is 27.7. The fraction of sp³-hybridized carbons (Fsp3) is 0.923. The molecule has 3 heteroatoms. The van der Waals surface area contributed by atoms with Gasteiger partial charge >= 0.3 is 0 Å². The standard InChI is InChI=1S/C13H24N2O/c1-11-5-4-6-12(9-16)15(11)8-7-13(2,3)10-14/h11-12,16H,4-9H2,1-3H3. The third-order valence-corrected chi connectivity index (χ3v) is 3.70. The van der Waals surface area contributed by atoms with E-state index in [-0.39, 0.29) is 12.0 Å². The Labute approximate surface area is 99.1 Å². The van der Waals surface area contributed by atoms with Gasteiger partial charge in [-0.25, -0.2) is 0 Å². The van der Waals surface area contributed by atoms with Gasteiger partial charge in [-0.3, -0.25) is 4.90 Å². The first-order valence-corrected chi connectivity index (χ1v) is 6.28. The lowest BCUT2D eigenvalue weighted by Gasteiger charge is -2.40. The monoisotopic (exact) mass is 224 g/mol. The van der Waals surface area contributed by atoms with Crippen LogP contribution in [-0.2, 0) is 0 Å². The van der Waals surface area contributed by atoms with Crippen LogP contribution in [0.15, 0.2) is 0 Å². The Morgan fingerprint density at radius 3 is 2.69 bits per heavy atom. The van der Waals surface area contributed by atoms with Crippen LogP contribution < -0.4 is 0 Å². The Morgan fingerprint density at radius 1 is 1.44 bits per heavy atom. The highest BCUT2D eigenvalue weighted by Gasteiger charge is 2.28. The lowest BCUT2D eigenvalue weighted by atomic mass is 9.89. The van der Waals surface area contributed by atoms with E-state index in [1.165, 1.54) is 12.8 Å². The van der Waals surface area contributed by atoms with Crippen molar-refractivity contribution >= 4 is 0 Å². The van der Waals surface area contributed by atoms with Crippen molar-refractivity contribution in [2.75, 3.05) is 13.2 Å². The summed E-state index contributed by atoms with van der Waals surface area (Å²) in [4.78, 5) is 2.38. The van der Waals surface area contributed by atoms with Gasteiger partial charge in [0.25, 0.3) is 0 Å².